The Kier molecular flexibility index (Phi) is 8.29. The van der Waals surface area contributed by atoms with E-state index in [1.165, 1.54) is 0 Å². The second-order valence-electron chi connectivity index (χ2n) is 11.9. The number of fused-ring (bicyclic) bond motifs is 3. The summed E-state index contributed by atoms with van der Waals surface area (Å²) in [5, 5.41) is 24.7. The zero-order chi connectivity index (χ0) is 35.4. The summed E-state index contributed by atoms with van der Waals surface area (Å²) < 4.78 is 57.5. The molecule has 0 amide bonds. The molecule has 0 saturated carbocycles. The molecular weight excluding hydrogens is 693 g/mol. The van der Waals surface area contributed by atoms with Crippen LogP contribution in [0.15, 0.2) is 82.8 Å². The van der Waals surface area contributed by atoms with Crippen LogP contribution < -0.4 is 19.8 Å². The zero-order valence-corrected chi connectivity index (χ0v) is 27.9. The van der Waals surface area contributed by atoms with Gasteiger partial charge in [-0.05, 0) is 24.3 Å². The summed E-state index contributed by atoms with van der Waals surface area (Å²) in [6.45, 7) is 1.48. The number of H-pyrrole nitrogens is 2. The van der Waals surface area contributed by atoms with Crippen molar-refractivity contribution < 1.29 is 41.4 Å². The molecular formula is C31H30N8O9S2+2. The van der Waals surface area contributed by atoms with E-state index in [9.17, 15) is 41.9 Å². The number of aromatic nitrogens is 2. The Balaban J connectivity index is 1.22. The molecule has 2 saturated heterocycles. The number of pyridine rings is 2. The van der Waals surface area contributed by atoms with Crippen LogP contribution in [0.25, 0.3) is 11.1 Å². The Hall–Kier alpha value is -5.37. The summed E-state index contributed by atoms with van der Waals surface area (Å²) in [6.07, 6.45) is 3.48. The van der Waals surface area contributed by atoms with Crippen molar-refractivity contribution in [3.8, 4) is 11.1 Å². The number of aromatic amines is 2. The molecule has 1 aliphatic carbocycles. The van der Waals surface area contributed by atoms with Gasteiger partial charge in [0.1, 0.15) is 0 Å². The highest BCUT2D eigenvalue weighted by Gasteiger charge is 2.44. The molecule has 2 fully saturated rings. The first-order valence-electron chi connectivity index (χ1n) is 15.5. The maximum absolute atomic E-state index is 13.9. The minimum atomic E-state index is -4.36. The highest BCUT2D eigenvalue weighted by Crippen LogP contribution is 2.49. The van der Waals surface area contributed by atoms with E-state index in [-0.39, 0.29) is 26.2 Å². The maximum atomic E-state index is 13.9. The van der Waals surface area contributed by atoms with E-state index < -0.39 is 79.1 Å². The lowest BCUT2D eigenvalue weighted by Crippen LogP contribution is -2.49. The number of nitrogens with one attached hydrogen (secondary N) is 2. The van der Waals surface area contributed by atoms with Crippen molar-refractivity contribution in [1.29, 1.82) is 0 Å². The van der Waals surface area contributed by atoms with E-state index in [0.717, 1.165) is 44.5 Å². The average molecular weight is 723 g/mol. The van der Waals surface area contributed by atoms with Gasteiger partial charge in [0.25, 0.3) is 23.0 Å². The van der Waals surface area contributed by atoms with E-state index in [0.29, 0.717) is 26.2 Å². The molecule has 0 atom stereocenters. The van der Waals surface area contributed by atoms with Gasteiger partial charge in [-0.3, -0.25) is 34.8 Å². The summed E-state index contributed by atoms with van der Waals surface area (Å²) >= 11 is 0. The van der Waals surface area contributed by atoms with Gasteiger partial charge < -0.3 is 0 Å². The van der Waals surface area contributed by atoms with Gasteiger partial charge in [0.05, 0.1) is 95.5 Å². The topological polar surface area (TPSA) is 213 Å². The van der Waals surface area contributed by atoms with Gasteiger partial charge in [-0.1, -0.05) is 12.1 Å². The number of carbonyl (C=O) groups excluding carboxylic acids is 1. The number of piperazine rings is 2. The summed E-state index contributed by atoms with van der Waals surface area (Å²) in [7, 11) is -8.71. The maximum Gasteiger partial charge on any atom is 0.279 e. The van der Waals surface area contributed by atoms with Gasteiger partial charge in [-0.15, -0.1) is 0 Å². The van der Waals surface area contributed by atoms with Gasteiger partial charge in [0, 0.05) is 35.4 Å². The zero-order valence-electron chi connectivity index (χ0n) is 26.3. The Morgan fingerprint density at radius 2 is 0.960 bits per heavy atom. The third-order valence-corrected chi connectivity index (χ3v) is 12.9. The summed E-state index contributed by atoms with van der Waals surface area (Å²) in [4.78, 5) is 45.8. The third-order valence-electron chi connectivity index (χ3n) is 9.13. The van der Waals surface area contributed by atoms with Crippen molar-refractivity contribution in [3.05, 3.63) is 104 Å². The number of sulfonamides is 2. The SMILES string of the molecule is O=C1c2cc(S(=O)(=O)N3CCN(c4cccc[nH+]4)CC3)cc([N+](=O)[O-])c2-c2c1cc(S(=O)(=O)N1CCN(c3cccc[nH+]3)CC1)cc2[N+](=O)[O-]. The molecule has 4 heterocycles. The molecule has 2 N–H and O–H groups in total. The highest BCUT2D eigenvalue weighted by atomic mass is 32.2. The fraction of sp³-hybridized carbons (Fsp3) is 0.258. The quantitative estimate of drug-likeness (QED) is 0.165. The monoisotopic (exact) mass is 722 g/mol. The summed E-state index contributed by atoms with van der Waals surface area (Å²) in [5.41, 5.74) is -3.37. The van der Waals surface area contributed by atoms with E-state index in [1.807, 2.05) is 46.2 Å². The molecule has 2 aromatic heterocycles. The Morgan fingerprint density at radius 1 is 0.580 bits per heavy atom. The van der Waals surface area contributed by atoms with Crippen molar-refractivity contribution in [2.24, 2.45) is 0 Å². The predicted molar refractivity (Wildman–Crippen MR) is 177 cm³/mol. The molecule has 3 aliphatic rings. The first-order valence-corrected chi connectivity index (χ1v) is 18.4. The van der Waals surface area contributed by atoms with Crippen LogP contribution in [0.2, 0.25) is 0 Å². The average Bonchev–Trinajstić information content (AvgIpc) is 3.42. The van der Waals surface area contributed by atoms with Gasteiger partial charge in [-0.2, -0.15) is 8.61 Å². The first-order chi connectivity index (χ1) is 23.9. The number of carbonyl (C=O) groups is 1. The molecule has 2 aliphatic heterocycles. The van der Waals surface area contributed by atoms with Crippen LogP contribution in [0.3, 0.4) is 0 Å². The van der Waals surface area contributed by atoms with E-state index in [2.05, 4.69) is 9.97 Å². The highest BCUT2D eigenvalue weighted by molar-refractivity contribution is 7.89. The minimum absolute atomic E-state index is 0.0503. The lowest BCUT2D eigenvalue weighted by molar-refractivity contribution is -0.386. The molecule has 4 aromatic rings. The molecule has 17 nitrogen and oxygen atoms in total. The van der Waals surface area contributed by atoms with Crippen LogP contribution in [-0.2, 0) is 20.0 Å². The van der Waals surface area contributed by atoms with Crippen LogP contribution in [0.1, 0.15) is 15.9 Å². The van der Waals surface area contributed by atoms with Crippen molar-refractivity contribution >= 4 is 48.8 Å². The van der Waals surface area contributed by atoms with Crippen LogP contribution in [0, 0.1) is 20.2 Å². The number of hydrogen-bond acceptors (Lipinski definition) is 11. The van der Waals surface area contributed by atoms with Gasteiger partial charge in [-0.25, -0.2) is 26.8 Å². The summed E-state index contributed by atoms with van der Waals surface area (Å²) in [6, 6.07) is 14.5. The van der Waals surface area contributed by atoms with Crippen molar-refractivity contribution in [3.63, 3.8) is 0 Å². The number of hydrogen-bond donors (Lipinski definition) is 0. The van der Waals surface area contributed by atoms with Crippen LogP contribution >= 0.6 is 0 Å². The molecule has 0 radical (unpaired) electrons. The predicted octanol–water partition coefficient (Wildman–Crippen LogP) is 1.36. The molecule has 258 valence electrons. The number of nitrogens with zero attached hydrogens (tertiary/aromatic N) is 6. The number of anilines is 2. The van der Waals surface area contributed by atoms with Gasteiger partial charge in [0.15, 0.2) is 5.78 Å². The van der Waals surface area contributed by atoms with E-state index in [1.54, 1.807) is 12.4 Å². The molecule has 19 heteroatoms. The largest absolute Gasteiger partial charge is 0.289 e. The molecule has 0 unspecified atom stereocenters. The Bertz CT molecular complexity index is 2100. The number of benzene rings is 2. The molecule has 0 spiro atoms. The van der Waals surface area contributed by atoms with Crippen molar-refractivity contribution in [2.45, 2.75) is 9.79 Å². The van der Waals surface area contributed by atoms with Crippen LogP contribution in [0.4, 0.5) is 23.0 Å². The van der Waals surface area contributed by atoms with Crippen molar-refractivity contribution in [1.82, 2.24) is 8.61 Å². The number of nitro groups is 2. The molecule has 50 heavy (non-hydrogen) atoms. The Labute approximate surface area is 285 Å². The smallest absolute Gasteiger partial charge is 0.279 e. The lowest BCUT2D eigenvalue weighted by Gasteiger charge is -2.30. The van der Waals surface area contributed by atoms with E-state index >= 15 is 0 Å². The Morgan fingerprint density at radius 3 is 1.28 bits per heavy atom. The van der Waals surface area contributed by atoms with Gasteiger partial charge >= 0.3 is 0 Å². The molecule has 2 aromatic carbocycles. The fourth-order valence-corrected chi connectivity index (χ4v) is 9.55. The van der Waals surface area contributed by atoms with Crippen LogP contribution in [-0.4, -0.2) is 93.4 Å². The molecule has 0 bridgehead atoms. The third kappa shape index (κ3) is 5.62. The van der Waals surface area contributed by atoms with E-state index in [4.69, 9.17) is 0 Å². The van der Waals surface area contributed by atoms with Gasteiger partial charge in [0.2, 0.25) is 20.0 Å². The number of rotatable bonds is 8. The summed E-state index contributed by atoms with van der Waals surface area (Å²) in [5.74, 6) is 0.624. The second-order valence-corrected chi connectivity index (χ2v) is 15.7. The van der Waals surface area contributed by atoms with Crippen molar-refractivity contribution in [2.75, 3.05) is 62.2 Å². The number of ketones is 1. The standard InChI is InChI=1S/C31H28N8O9S2/c40-31-23-17-21(49(45,46)36-13-9-34(10-14-36)27-5-1-3-7-32-27)19-25(38(41)42)29(23)30-24(31)18-22(20-26(30)39(43)44)50(47,48)37-15-11-35(12-16-37)28-6-2-4-8-33-28/h1-8,17-20H,9-16H2/p+2. The fourth-order valence-electron chi connectivity index (χ4n) is 6.61. The normalized spacial score (nSPS) is 17.0. The number of nitro benzene ring substituents is 2. The molecule has 7 rings (SSSR count). The first kappa shape index (κ1) is 33.1. The minimum Gasteiger partial charge on any atom is -0.289 e. The lowest BCUT2D eigenvalue weighted by atomic mass is 10.0. The van der Waals surface area contributed by atoms with Crippen LogP contribution in [0.5, 0.6) is 0 Å². The second kappa shape index (κ2) is 12.5.